The summed E-state index contributed by atoms with van der Waals surface area (Å²) in [6, 6.07) is 2.92. The van der Waals surface area contributed by atoms with E-state index in [1.54, 1.807) is 17.2 Å². The highest BCUT2D eigenvalue weighted by Crippen LogP contribution is 2.51. The minimum Gasteiger partial charge on any atom is -0.386 e. The van der Waals surface area contributed by atoms with Gasteiger partial charge >= 0.3 is 6.03 Å². The minimum atomic E-state index is -2.65. The van der Waals surface area contributed by atoms with Crippen molar-refractivity contribution in [2.45, 2.75) is 56.2 Å². The largest absolute Gasteiger partial charge is 0.386 e. The standard InChI is InChI=1S/C20H23ClF2N4O2/c1-19(17(28)15-7-13(21)6-11-10-24-27(19)16(11)15)12-2-4-26(5-3-12)18(29)25-14-8-20(22,23)9-14/h6-7,10,12,14,17,28H,2-5,8-9H2,1H3,(H,25,29)/t17-,19?/m1/s1. The molecule has 0 radical (unpaired) electrons. The monoisotopic (exact) mass is 424 g/mol. The van der Waals surface area contributed by atoms with E-state index in [4.69, 9.17) is 11.6 Å². The Bertz CT molecular complexity index is 980. The summed E-state index contributed by atoms with van der Waals surface area (Å²) in [6.07, 6.45) is 1.88. The van der Waals surface area contributed by atoms with Crippen LogP contribution < -0.4 is 5.32 Å². The second kappa shape index (κ2) is 6.28. The van der Waals surface area contributed by atoms with Crippen LogP contribution in [0.15, 0.2) is 18.3 Å². The number of carbonyl (C=O) groups is 1. The third-order valence-corrected chi connectivity index (χ3v) is 7.21. The number of hydrogen-bond donors (Lipinski definition) is 2. The lowest BCUT2D eigenvalue weighted by Crippen LogP contribution is -2.56. The molecule has 3 aliphatic rings. The van der Waals surface area contributed by atoms with Gasteiger partial charge in [0, 0.05) is 47.9 Å². The number of nitrogens with zero attached hydrogens (tertiary/aromatic N) is 3. The number of aromatic nitrogens is 2. The minimum absolute atomic E-state index is 0.115. The van der Waals surface area contributed by atoms with Crippen LogP contribution in [0.3, 0.4) is 0 Å². The number of hydrogen-bond acceptors (Lipinski definition) is 3. The predicted molar refractivity (Wildman–Crippen MR) is 104 cm³/mol. The molecule has 156 valence electrons. The Labute approximate surface area is 171 Å². The van der Waals surface area contributed by atoms with Crippen molar-refractivity contribution in [2.75, 3.05) is 13.1 Å². The average molecular weight is 425 g/mol. The van der Waals surface area contributed by atoms with Gasteiger partial charge in [-0.3, -0.25) is 4.68 Å². The van der Waals surface area contributed by atoms with Crippen LogP contribution in [0, 0.1) is 5.92 Å². The van der Waals surface area contributed by atoms with E-state index in [1.807, 2.05) is 17.7 Å². The van der Waals surface area contributed by atoms with E-state index in [9.17, 15) is 18.7 Å². The lowest BCUT2D eigenvalue weighted by molar-refractivity contribution is -0.0905. The Morgan fingerprint density at radius 2 is 2.00 bits per heavy atom. The van der Waals surface area contributed by atoms with Crippen LogP contribution in [0.1, 0.15) is 44.3 Å². The van der Waals surface area contributed by atoms with Crippen LogP contribution in [0.5, 0.6) is 0 Å². The molecule has 2 fully saturated rings. The van der Waals surface area contributed by atoms with Gasteiger partial charge in [0.15, 0.2) is 0 Å². The normalized spacial score (nSPS) is 29.3. The van der Waals surface area contributed by atoms with Crippen molar-refractivity contribution >= 4 is 28.5 Å². The first-order valence-electron chi connectivity index (χ1n) is 9.98. The zero-order valence-electron chi connectivity index (χ0n) is 16.0. The van der Waals surface area contributed by atoms with E-state index in [2.05, 4.69) is 10.4 Å². The zero-order valence-corrected chi connectivity index (χ0v) is 16.8. The number of benzene rings is 1. The fraction of sp³-hybridized carbons (Fsp3) is 0.600. The maximum atomic E-state index is 13.0. The van der Waals surface area contributed by atoms with Gasteiger partial charge in [0.25, 0.3) is 5.92 Å². The molecular formula is C20H23ClF2N4O2. The quantitative estimate of drug-likeness (QED) is 0.772. The van der Waals surface area contributed by atoms with Crippen LogP contribution in [0.2, 0.25) is 5.02 Å². The first-order chi connectivity index (χ1) is 13.7. The third-order valence-electron chi connectivity index (χ3n) is 6.99. The summed E-state index contributed by atoms with van der Waals surface area (Å²) in [5.74, 6) is -2.53. The topological polar surface area (TPSA) is 70.4 Å². The summed E-state index contributed by atoms with van der Waals surface area (Å²) >= 11 is 6.21. The number of carbonyl (C=O) groups excluding carboxylic acids is 1. The van der Waals surface area contributed by atoms with E-state index in [0.717, 1.165) is 16.5 Å². The maximum Gasteiger partial charge on any atom is 0.317 e. The maximum absolute atomic E-state index is 13.0. The molecule has 1 saturated carbocycles. The van der Waals surface area contributed by atoms with Gasteiger partial charge in [0.05, 0.1) is 17.3 Å². The van der Waals surface area contributed by atoms with Gasteiger partial charge in [-0.05, 0) is 37.8 Å². The number of alkyl halides is 2. The summed E-state index contributed by atoms with van der Waals surface area (Å²) in [7, 11) is 0. The van der Waals surface area contributed by atoms with Crippen molar-refractivity contribution in [3.63, 3.8) is 0 Å². The molecule has 9 heteroatoms. The number of aliphatic hydroxyl groups excluding tert-OH is 1. The molecule has 3 heterocycles. The molecule has 2 aliphatic heterocycles. The van der Waals surface area contributed by atoms with Crippen molar-refractivity contribution in [1.82, 2.24) is 20.0 Å². The summed E-state index contributed by atoms with van der Waals surface area (Å²) in [5.41, 5.74) is 1.09. The molecule has 0 spiro atoms. The van der Waals surface area contributed by atoms with Gasteiger partial charge in [-0.1, -0.05) is 11.6 Å². The smallest absolute Gasteiger partial charge is 0.317 e. The molecule has 2 aromatic rings. The molecule has 1 aromatic carbocycles. The molecule has 0 bridgehead atoms. The van der Waals surface area contributed by atoms with Gasteiger partial charge in [0.2, 0.25) is 0 Å². The molecule has 6 nitrogen and oxygen atoms in total. The first kappa shape index (κ1) is 19.1. The van der Waals surface area contributed by atoms with Gasteiger partial charge < -0.3 is 15.3 Å². The average Bonchev–Trinajstić information content (AvgIpc) is 3.17. The molecule has 2 atom stereocenters. The summed E-state index contributed by atoms with van der Waals surface area (Å²) in [5, 5.41) is 19.9. The second-order valence-electron chi connectivity index (χ2n) is 8.79. The van der Waals surface area contributed by atoms with E-state index < -0.39 is 23.6 Å². The van der Waals surface area contributed by atoms with E-state index in [1.165, 1.54) is 0 Å². The SMILES string of the molecule is CC1(C2CCN(C(=O)NC3CC(F)(F)C3)CC2)[C@H](O)c2cc(Cl)cc3cnn1c23. The molecule has 1 aliphatic carbocycles. The van der Waals surface area contributed by atoms with E-state index in [-0.39, 0.29) is 24.8 Å². The number of piperidine rings is 1. The van der Waals surface area contributed by atoms with Crippen molar-refractivity contribution in [3.8, 4) is 0 Å². The molecule has 2 N–H and O–H groups in total. The summed E-state index contributed by atoms with van der Waals surface area (Å²) in [6.45, 7) is 3.04. The van der Waals surface area contributed by atoms with Gasteiger partial charge in [-0.2, -0.15) is 5.10 Å². The highest BCUT2D eigenvalue weighted by molar-refractivity contribution is 6.31. The molecule has 5 rings (SSSR count). The van der Waals surface area contributed by atoms with Crippen LogP contribution in [0.25, 0.3) is 10.9 Å². The number of likely N-dealkylation sites (tertiary alicyclic amines) is 1. The Morgan fingerprint density at radius 1 is 1.31 bits per heavy atom. The fourth-order valence-electron chi connectivity index (χ4n) is 5.26. The van der Waals surface area contributed by atoms with Crippen LogP contribution >= 0.6 is 11.6 Å². The molecule has 1 saturated heterocycles. The number of nitrogens with one attached hydrogen (secondary N) is 1. The van der Waals surface area contributed by atoms with Crippen LogP contribution in [-0.4, -0.2) is 50.9 Å². The fourth-order valence-corrected chi connectivity index (χ4v) is 5.49. The van der Waals surface area contributed by atoms with Crippen LogP contribution in [0.4, 0.5) is 13.6 Å². The Hall–Kier alpha value is -1.93. The molecule has 1 aromatic heterocycles. The lowest BCUT2D eigenvalue weighted by atomic mass is 9.75. The van der Waals surface area contributed by atoms with Crippen LogP contribution in [-0.2, 0) is 5.54 Å². The number of aliphatic hydroxyl groups is 1. The lowest BCUT2D eigenvalue weighted by Gasteiger charge is -2.43. The van der Waals surface area contributed by atoms with Crippen molar-refractivity contribution in [1.29, 1.82) is 0 Å². The van der Waals surface area contributed by atoms with E-state index >= 15 is 0 Å². The Morgan fingerprint density at radius 3 is 2.66 bits per heavy atom. The summed E-state index contributed by atoms with van der Waals surface area (Å²) in [4.78, 5) is 14.1. The van der Waals surface area contributed by atoms with Gasteiger partial charge in [-0.25, -0.2) is 13.6 Å². The predicted octanol–water partition coefficient (Wildman–Crippen LogP) is 3.67. The zero-order chi connectivity index (χ0) is 20.6. The Balaban J connectivity index is 1.29. The number of urea groups is 1. The molecule has 1 unspecified atom stereocenters. The van der Waals surface area contributed by atoms with Gasteiger partial charge in [-0.15, -0.1) is 0 Å². The molecular weight excluding hydrogens is 402 g/mol. The van der Waals surface area contributed by atoms with E-state index in [0.29, 0.717) is 31.0 Å². The third kappa shape index (κ3) is 2.83. The summed E-state index contributed by atoms with van der Waals surface area (Å²) < 4.78 is 27.9. The highest BCUT2D eigenvalue weighted by atomic mass is 35.5. The first-order valence-corrected chi connectivity index (χ1v) is 10.4. The molecule has 29 heavy (non-hydrogen) atoms. The number of amides is 2. The van der Waals surface area contributed by atoms with Gasteiger partial charge in [0.1, 0.15) is 6.10 Å². The number of rotatable bonds is 2. The second-order valence-corrected chi connectivity index (χ2v) is 9.23. The van der Waals surface area contributed by atoms with Crippen molar-refractivity contribution < 1.29 is 18.7 Å². The Kier molecular flexibility index (Phi) is 4.13. The highest BCUT2D eigenvalue weighted by Gasteiger charge is 2.51. The van der Waals surface area contributed by atoms with Crippen molar-refractivity contribution in [3.05, 3.63) is 28.9 Å². The molecule has 2 amide bonds. The number of halogens is 3. The van der Waals surface area contributed by atoms with Crippen molar-refractivity contribution in [2.24, 2.45) is 5.92 Å².